The van der Waals surface area contributed by atoms with Crippen molar-refractivity contribution in [2.75, 3.05) is 13.7 Å². The largest absolute Gasteiger partial charge is 0.468 e. The van der Waals surface area contributed by atoms with Crippen LogP contribution in [-0.4, -0.2) is 19.3 Å². The summed E-state index contributed by atoms with van der Waals surface area (Å²) in [6.45, 7) is 5.52. The molecule has 3 heteroatoms. The lowest BCUT2D eigenvalue weighted by Gasteiger charge is -2.43. The highest BCUT2D eigenvalue weighted by Crippen LogP contribution is 2.42. The van der Waals surface area contributed by atoms with Crippen molar-refractivity contribution < 1.29 is 9.15 Å². The summed E-state index contributed by atoms with van der Waals surface area (Å²) in [5.41, 5.74) is -0.112. The first-order chi connectivity index (χ1) is 9.22. The van der Waals surface area contributed by atoms with E-state index in [1.165, 1.54) is 12.8 Å². The van der Waals surface area contributed by atoms with Crippen molar-refractivity contribution >= 4 is 0 Å². The Bertz CT molecular complexity index is 353. The summed E-state index contributed by atoms with van der Waals surface area (Å²) in [6, 6.07) is 4.19. The van der Waals surface area contributed by atoms with Gasteiger partial charge < -0.3 is 14.5 Å². The number of hydrogen-bond acceptors (Lipinski definition) is 3. The van der Waals surface area contributed by atoms with Crippen LogP contribution in [0.1, 0.15) is 57.8 Å². The van der Waals surface area contributed by atoms with Crippen LogP contribution in [0.2, 0.25) is 0 Å². The number of methoxy groups -OCH3 is 1. The van der Waals surface area contributed by atoms with Gasteiger partial charge in [-0.2, -0.15) is 0 Å². The minimum absolute atomic E-state index is 0.112. The highest BCUT2D eigenvalue weighted by atomic mass is 16.5. The second-order valence-corrected chi connectivity index (χ2v) is 5.85. The van der Waals surface area contributed by atoms with Gasteiger partial charge in [0.2, 0.25) is 0 Å². The predicted molar refractivity (Wildman–Crippen MR) is 77.1 cm³/mol. The maximum absolute atomic E-state index is 5.99. The molecule has 2 rings (SSSR count). The lowest BCUT2D eigenvalue weighted by molar-refractivity contribution is -0.0803. The number of rotatable bonds is 6. The maximum Gasteiger partial charge on any atom is 0.123 e. The number of hydrogen-bond donors (Lipinski definition) is 1. The minimum Gasteiger partial charge on any atom is -0.468 e. The molecule has 0 spiro atoms. The van der Waals surface area contributed by atoms with E-state index in [1.54, 1.807) is 6.26 Å². The van der Waals surface area contributed by atoms with E-state index in [-0.39, 0.29) is 11.6 Å². The first kappa shape index (κ1) is 14.6. The predicted octanol–water partition coefficient (Wildman–Crippen LogP) is 3.92. The van der Waals surface area contributed by atoms with Crippen molar-refractivity contribution in [1.29, 1.82) is 0 Å². The van der Waals surface area contributed by atoms with E-state index >= 15 is 0 Å². The van der Waals surface area contributed by atoms with Crippen LogP contribution >= 0.6 is 0 Å². The van der Waals surface area contributed by atoms with Gasteiger partial charge >= 0.3 is 0 Å². The summed E-state index contributed by atoms with van der Waals surface area (Å²) in [5, 5.41) is 3.63. The molecule has 1 aromatic heterocycles. The zero-order valence-corrected chi connectivity index (χ0v) is 12.4. The molecule has 108 valence electrons. The standard InChI is InChI=1S/C16H27NO2/c1-4-11-17-15(14-6-5-12-19-14)16(18-3)9-7-13(2)8-10-16/h5-6,12-13,15,17H,4,7-11H2,1-3H3. The molecule has 0 saturated heterocycles. The highest BCUT2D eigenvalue weighted by Gasteiger charge is 2.43. The topological polar surface area (TPSA) is 34.4 Å². The molecule has 0 bridgehead atoms. The Labute approximate surface area is 116 Å². The van der Waals surface area contributed by atoms with Gasteiger partial charge in [0.05, 0.1) is 17.9 Å². The molecule has 1 atom stereocenters. The summed E-state index contributed by atoms with van der Waals surface area (Å²) < 4.78 is 11.6. The van der Waals surface area contributed by atoms with Crippen LogP contribution in [0.5, 0.6) is 0 Å². The molecule has 0 aromatic carbocycles. The summed E-state index contributed by atoms with van der Waals surface area (Å²) in [5.74, 6) is 1.82. The first-order valence-electron chi connectivity index (χ1n) is 7.54. The van der Waals surface area contributed by atoms with Gasteiger partial charge in [-0.1, -0.05) is 13.8 Å². The highest BCUT2D eigenvalue weighted by molar-refractivity contribution is 5.12. The van der Waals surface area contributed by atoms with E-state index < -0.39 is 0 Å². The zero-order valence-electron chi connectivity index (χ0n) is 12.4. The van der Waals surface area contributed by atoms with Gasteiger partial charge in [-0.05, 0) is 56.7 Å². The van der Waals surface area contributed by atoms with Crippen molar-refractivity contribution in [3.63, 3.8) is 0 Å². The SMILES string of the molecule is CCCNC(c1ccco1)C1(OC)CCC(C)CC1. The Hall–Kier alpha value is -0.800. The maximum atomic E-state index is 5.99. The molecule has 0 amide bonds. The fraction of sp³-hybridized carbons (Fsp3) is 0.750. The molecule has 1 aromatic rings. The Balaban J connectivity index is 2.19. The van der Waals surface area contributed by atoms with Crippen molar-refractivity contribution in [3.05, 3.63) is 24.2 Å². The number of ether oxygens (including phenoxy) is 1. The van der Waals surface area contributed by atoms with E-state index in [9.17, 15) is 0 Å². The third kappa shape index (κ3) is 3.21. The van der Waals surface area contributed by atoms with Crippen LogP contribution in [0.4, 0.5) is 0 Å². The van der Waals surface area contributed by atoms with Crippen LogP contribution in [0, 0.1) is 5.92 Å². The monoisotopic (exact) mass is 265 g/mol. The molecule has 0 aliphatic heterocycles. The average molecular weight is 265 g/mol. The molecule has 1 N–H and O–H groups in total. The molecular formula is C16H27NO2. The minimum atomic E-state index is -0.112. The van der Waals surface area contributed by atoms with Crippen molar-refractivity contribution in [2.45, 2.75) is 57.6 Å². The summed E-state index contributed by atoms with van der Waals surface area (Å²) >= 11 is 0. The molecule has 1 unspecified atom stereocenters. The van der Waals surface area contributed by atoms with Crippen LogP contribution in [0.15, 0.2) is 22.8 Å². The van der Waals surface area contributed by atoms with Crippen LogP contribution in [-0.2, 0) is 4.74 Å². The average Bonchev–Trinajstić information content (AvgIpc) is 2.95. The quantitative estimate of drug-likeness (QED) is 0.846. The van der Waals surface area contributed by atoms with Crippen LogP contribution in [0.25, 0.3) is 0 Å². The van der Waals surface area contributed by atoms with Crippen molar-refractivity contribution in [2.24, 2.45) is 5.92 Å². The van der Waals surface area contributed by atoms with Crippen molar-refractivity contribution in [1.82, 2.24) is 5.32 Å². The molecule has 1 saturated carbocycles. The summed E-state index contributed by atoms with van der Waals surface area (Å²) in [7, 11) is 1.85. The van der Waals surface area contributed by atoms with Gasteiger partial charge in [-0.25, -0.2) is 0 Å². The van der Waals surface area contributed by atoms with Crippen LogP contribution in [0.3, 0.4) is 0 Å². The van der Waals surface area contributed by atoms with E-state index in [4.69, 9.17) is 9.15 Å². The molecule has 1 aliphatic carbocycles. The van der Waals surface area contributed by atoms with Gasteiger partial charge in [0.25, 0.3) is 0 Å². The third-order valence-electron chi connectivity index (χ3n) is 4.48. The van der Waals surface area contributed by atoms with Gasteiger partial charge in [0, 0.05) is 7.11 Å². The second-order valence-electron chi connectivity index (χ2n) is 5.85. The Morgan fingerprint density at radius 2 is 2.21 bits per heavy atom. The van der Waals surface area contributed by atoms with E-state index in [0.29, 0.717) is 0 Å². The van der Waals surface area contributed by atoms with Gasteiger partial charge in [0.1, 0.15) is 5.76 Å². The van der Waals surface area contributed by atoms with E-state index in [1.807, 2.05) is 13.2 Å². The van der Waals surface area contributed by atoms with Crippen LogP contribution < -0.4 is 5.32 Å². The van der Waals surface area contributed by atoms with Gasteiger partial charge in [0.15, 0.2) is 0 Å². The van der Waals surface area contributed by atoms with Gasteiger partial charge in [-0.3, -0.25) is 0 Å². The second kappa shape index (κ2) is 6.58. The zero-order chi connectivity index (χ0) is 13.7. The molecule has 0 radical (unpaired) electrons. The fourth-order valence-electron chi connectivity index (χ4n) is 3.15. The summed E-state index contributed by atoms with van der Waals surface area (Å²) in [6.07, 6.45) is 7.55. The first-order valence-corrected chi connectivity index (χ1v) is 7.54. The Morgan fingerprint density at radius 3 is 2.74 bits per heavy atom. The normalized spacial score (nSPS) is 29.3. The lowest BCUT2D eigenvalue weighted by atomic mass is 9.74. The number of furan rings is 1. The van der Waals surface area contributed by atoms with E-state index in [2.05, 4.69) is 25.2 Å². The van der Waals surface area contributed by atoms with Crippen molar-refractivity contribution in [3.8, 4) is 0 Å². The van der Waals surface area contributed by atoms with E-state index in [0.717, 1.165) is 37.5 Å². The molecular weight excluding hydrogens is 238 g/mol. The molecule has 19 heavy (non-hydrogen) atoms. The fourth-order valence-corrected chi connectivity index (χ4v) is 3.15. The Morgan fingerprint density at radius 1 is 1.47 bits per heavy atom. The lowest BCUT2D eigenvalue weighted by Crippen LogP contribution is -2.48. The molecule has 1 aliphatic rings. The van der Waals surface area contributed by atoms with Gasteiger partial charge in [-0.15, -0.1) is 0 Å². The molecule has 1 heterocycles. The number of nitrogens with one attached hydrogen (secondary N) is 1. The molecule has 1 fully saturated rings. The Kier molecular flexibility index (Phi) is 5.06. The summed E-state index contributed by atoms with van der Waals surface area (Å²) in [4.78, 5) is 0. The molecule has 3 nitrogen and oxygen atoms in total. The third-order valence-corrected chi connectivity index (χ3v) is 4.48. The smallest absolute Gasteiger partial charge is 0.123 e.